The van der Waals surface area contributed by atoms with Crippen LogP contribution in [0.15, 0.2) is 16.5 Å². The minimum Gasteiger partial charge on any atom is -1.00 e. The number of hydrogen-bond acceptors (Lipinski definition) is 2. The zero-order chi connectivity index (χ0) is 9.14. The molecule has 0 spiro atoms. The Morgan fingerprint density at radius 2 is 1.92 bits per heavy atom. The van der Waals surface area contributed by atoms with Crippen LogP contribution in [0.2, 0.25) is 0 Å². The first-order valence-corrected chi connectivity index (χ1v) is 3.88. The largest absolute Gasteiger partial charge is 1.00 e. The molecule has 0 aliphatic heterocycles. The molecule has 0 N–H and O–H groups in total. The van der Waals surface area contributed by atoms with Crippen molar-refractivity contribution in [1.82, 2.24) is 0 Å². The van der Waals surface area contributed by atoms with Crippen LogP contribution in [0.1, 0.15) is 5.76 Å². The van der Waals surface area contributed by atoms with Crippen molar-refractivity contribution in [3.63, 3.8) is 0 Å². The third-order valence-electron chi connectivity index (χ3n) is 1.44. The van der Waals surface area contributed by atoms with E-state index in [9.17, 15) is 0 Å². The van der Waals surface area contributed by atoms with Gasteiger partial charge in [-0.15, -0.1) is 0 Å². The van der Waals surface area contributed by atoms with Crippen molar-refractivity contribution < 1.29 is 33.0 Å². The molecule has 1 heterocycles. The molecule has 3 nitrogen and oxygen atoms in total. The molecule has 0 aliphatic carbocycles. The first kappa shape index (κ1) is 12.5. The van der Waals surface area contributed by atoms with E-state index in [1.54, 1.807) is 0 Å². The monoisotopic (exact) mass is 294 g/mol. The van der Waals surface area contributed by atoms with Gasteiger partial charge in [0.25, 0.3) is 0 Å². The standard InChI is InChI=1S/C9H15N2O.HI/c1-10(2)7-8-5-6-9(12-8)11(3)4;/h5-7H,1-4H3;1H/q+1;/p-1. The van der Waals surface area contributed by atoms with E-state index in [4.69, 9.17) is 4.42 Å². The summed E-state index contributed by atoms with van der Waals surface area (Å²) in [6.45, 7) is 0. The summed E-state index contributed by atoms with van der Waals surface area (Å²) >= 11 is 0. The molecular formula is C9H15IN2O. The van der Waals surface area contributed by atoms with Gasteiger partial charge in [0.2, 0.25) is 6.21 Å². The fourth-order valence-electron chi connectivity index (χ4n) is 0.906. The minimum atomic E-state index is 0. The molecule has 0 radical (unpaired) electrons. The molecule has 13 heavy (non-hydrogen) atoms. The second kappa shape index (κ2) is 5.26. The predicted molar refractivity (Wildman–Crippen MR) is 50.3 cm³/mol. The maximum atomic E-state index is 5.48. The van der Waals surface area contributed by atoms with E-state index in [-0.39, 0.29) is 24.0 Å². The van der Waals surface area contributed by atoms with Crippen LogP contribution in [-0.2, 0) is 0 Å². The van der Waals surface area contributed by atoms with Crippen LogP contribution in [0.4, 0.5) is 5.88 Å². The van der Waals surface area contributed by atoms with Gasteiger partial charge in [0.15, 0.2) is 11.6 Å². The summed E-state index contributed by atoms with van der Waals surface area (Å²) in [6, 6.07) is 3.91. The second-order valence-corrected chi connectivity index (χ2v) is 3.16. The summed E-state index contributed by atoms with van der Waals surface area (Å²) in [5.74, 6) is 1.76. The number of halogens is 1. The molecule has 0 aromatic carbocycles. The molecule has 74 valence electrons. The smallest absolute Gasteiger partial charge is 0.206 e. The highest BCUT2D eigenvalue weighted by Crippen LogP contribution is 2.13. The van der Waals surface area contributed by atoms with Crippen LogP contribution in [0.25, 0.3) is 0 Å². The molecule has 0 bridgehead atoms. The van der Waals surface area contributed by atoms with Gasteiger partial charge in [-0.05, 0) is 6.07 Å². The number of nitrogens with zero attached hydrogens (tertiary/aromatic N) is 2. The van der Waals surface area contributed by atoms with Gasteiger partial charge in [-0.25, -0.2) is 4.58 Å². The lowest BCUT2D eigenvalue weighted by Gasteiger charge is -2.05. The number of anilines is 1. The first-order valence-electron chi connectivity index (χ1n) is 3.88. The van der Waals surface area contributed by atoms with Crippen LogP contribution in [0.3, 0.4) is 0 Å². The number of furan rings is 1. The van der Waals surface area contributed by atoms with Crippen LogP contribution in [0.5, 0.6) is 0 Å². The molecule has 0 fully saturated rings. The number of rotatable bonds is 2. The van der Waals surface area contributed by atoms with E-state index >= 15 is 0 Å². The van der Waals surface area contributed by atoms with Crippen molar-refractivity contribution in [2.24, 2.45) is 0 Å². The van der Waals surface area contributed by atoms with Crippen molar-refractivity contribution in [3.05, 3.63) is 17.9 Å². The van der Waals surface area contributed by atoms with Crippen LogP contribution < -0.4 is 28.9 Å². The lowest BCUT2D eigenvalue weighted by molar-refractivity contribution is -0.459. The Labute approximate surface area is 96.1 Å². The number of hydrogen-bond donors (Lipinski definition) is 0. The summed E-state index contributed by atoms with van der Waals surface area (Å²) in [5, 5.41) is 0. The Hall–Kier alpha value is -0.520. The van der Waals surface area contributed by atoms with Crippen molar-refractivity contribution in [2.75, 3.05) is 33.1 Å². The summed E-state index contributed by atoms with van der Waals surface area (Å²) in [4.78, 5) is 1.94. The van der Waals surface area contributed by atoms with E-state index < -0.39 is 0 Å². The van der Waals surface area contributed by atoms with Crippen LogP contribution >= 0.6 is 0 Å². The van der Waals surface area contributed by atoms with Crippen LogP contribution in [-0.4, -0.2) is 39.0 Å². The first-order chi connectivity index (χ1) is 5.59. The van der Waals surface area contributed by atoms with Crippen molar-refractivity contribution >= 4 is 12.1 Å². The lowest BCUT2D eigenvalue weighted by atomic mass is 10.5. The van der Waals surface area contributed by atoms with E-state index in [1.165, 1.54) is 0 Å². The maximum absolute atomic E-state index is 5.48. The Bertz CT molecular complexity index is 288. The molecule has 1 aromatic rings. The maximum Gasteiger partial charge on any atom is 0.206 e. The summed E-state index contributed by atoms with van der Waals surface area (Å²) in [6.07, 6.45) is 1.94. The van der Waals surface area contributed by atoms with Gasteiger partial charge in [0, 0.05) is 20.2 Å². The van der Waals surface area contributed by atoms with E-state index in [0.29, 0.717) is 0 Å². The van der Waals surface area contributed by atoms with Crippen molar-refractivity contribution in [2.45, 2.75) is 0 Å². The van der Waals surface area contributed by atoms with Gasteiger partial charge in [-0.1, -0.05) is 0 Å². The Morgan fingerprint density at radius 1 is 1.31 bits per heavy atom. The minimum absolute atomic E-state index is 0. The quantitative estimate of drug-likeness (QED) is 0.358. The lowest BCUT2D eigenvalue weighted by Crippen LogP contribution is -3.00. The topological polar surface area (TPSA) is 19.4 Å². The summed E-state index contributed by atoms with van der Waals surface area (Å²) < 4.78 is 7.44. The highest BCUT2D eigenvalue weighted by Gasteiger charge is 2.02. The molecule has 0 amide bonds. The van der Waals surface area contributed by atoms with E-state index in [2.05, 4.69) is 0 Å². The SMILES string of the molecule is CN(C)c1ccc(C=[N+](C)C)o1.[I-]. The summed E-state index contributed by atoms with van der Waals surface area (Å²) in [5.41, 5.74) is 0. The van der Waals surface area contributed by atoms with Gasteiger partial charge in [0.1, 0.15) is 14.1 Å². The highest BCUT2D eigenvalue weighted by atomic mass is 127. The van der Waals surface area contributed by atoms with Crippen LogP contribution in [0, 0.1) is 0 Å². The van der Waals surface area contributed by atoms with E-state index in [0.717, 1.165) is 11.6 Å². The Balaban J connectivity index is 0.00000144. The highest BCUT2D eigenvalue weighted by molar-refractivity contribution is 5.72. The van der Waals surface area contributed by atoms with Gasteiger partial charge >= 0.3 is 0 Å². The third kappa shape index (κ3) is 3.80. The molecule has 4 heteroatoms. The fourth-order valence-corrected chi connectivity index (χ4v) is 0.906. The van der Waals surface area contributed by atoms with Gasteiger partial charge in [-0.2, -0.15) is 0 Å². The van der Waals surface area contributed by atoms with E-state index in [1.807, 2.05) is 56.0 Å². The zero-order valence-electron chi connectivity index (χ0n) is 8.41. The average molecular weight is 294 g/mol. The average Bonchev–Trinajstić information content (AvgIpc) is 2.34. The molecular weight excluding hydrogens is 279 g/mol. The van der Waals surface area contributed by atoms with Gasteiger partial charge in [-0.3, -0.25) is 0 Å². The molecule has 0 atom stereocenters. The second-order valence-electron chi connectivity index (χ2n) is 3.16. The van der Waals surface area contributed by atoms with Crippen molar-refractivity contribution in [1.29, 1.82) is 0 Å². The van der Waals surface area contributed by atoms with Gasteiger partial charge < -0.3 is 33.3 Å². The Morgan fingerprint density at radius 3 is 2.31 bits per heavy atom. The zero-order valence-corrected chi connectivity index (χ0v) is 10.6. The molecule has 1 rings (SSSR count). The normalized spacial score (nSPS) is 8.92. The van der Waals surface area contributed by atoms with Gasteiger partial charge in [0.05, 0.1) is 0 Å². The molecule has 0 saturated carbocycles. The predicted octanol–water partition coefficient (Wildman–Crippen LogP) is -1.96. The molecule has 0 unspecified atom stereocenters. The molecule has 0 saturated heterocycles. The third-order valence-corrected chi connectivity index (χ3v) is 1.44. The summed E-state index contributed by atoms with van der Waals surface area (Å²) in [7, 11) is 7.85. The molecule has 0 aliphatic rings. The Kier molecular flexibility index (Phi) is 5.05. The fraction of sp³-hybridized carbons (Fsp3) is 0.444. The molecule has 1 aromatic heterocycles. The van der Waals surface area contributed by atoms with Crippen molar-refractivity contribution in [3.8, 4) is 0 Å².